The highest BCUT2D eigenvalue weighted by Crippen LogP contribution is 2.43. The molecular formula is C26H29N5O2. The Morgan fingerprint density at radius 1 is 1.12 bits per heavy atom. The Balaban J connectivity index is 1.48. The van der Waals surface area contributed by atoms with Crippen molar-refractivity contribution in [2.45, 2.75) is 63.9 Å². The minimum Gasteiger partial charge on any atom is -0.390 e. The second kappa shape index (κ2) is 8.80. The highest BCUT2D eigenvalue weighted by atomic mass is 16.3. The molecule has 1 aliphatic rings. The Kier molecular flexibility index (Phi) is 6.05. The number of nitrogens with zero attached hydrogens (tertiary/aromatic N) is 4. The van der Waals surface area contributed by atoms with Crippen LogP contribution in [0.1, 0.15) is 66.3 Å². The first-order valence-electron chi connectivity index (χ1n) is 11.3. The summed E-state index contributed by atoms with van der Waals surface area (Å²) in [5, 5.41) is 27.7. The lowest BCUT2D eigenvalue weighted by atomic mass is 9.67. The summed E-state index contributed by atoms with van der Waals surface area (Å²) in [7, 11) is 0. The van der Waals surface area contributed by atoms with E-state index >= 15 is 0 Å². The van der Waals surface area contributed by atoms with Crippen molar-refractivity contribution in [1.29, 1.82) is 5.26 Å². The Bertz CT molecular complexity index is 1180. The third-order valence-electron chi connectivity index (χ3n) is 6.95. The molecule has 4 rings (SSSR count). The summed E-state index contributed by atoms with van der Waals surface area (Å²) in [6, 6.07) is 14.0. The fraction of sp³-hybridized carbons (Fsp3) is 0.385. The first kappa shape index (κ1) is 22.7. The minimum absolute atomic E-state index is 0.263. The lowest BCUT2D eigenvalue weighted by Gasteiger charge is -2.39. The standard InChI is InChI=1S/C26H29N5O2/c1-4-26(33)13-11-25(17-27,12-14-26)23-10-7-20(15-28-23)30-24(32)22-16-29-31(19(22)3)21-8-5-18(2)6-9-21/h5-10,15-16,33H,4,11-14H2,1-3H3,(H,30,32). The molecule has 0 spiro atoms. The quantitative estimate of drug-likeness (QED) is 0.599. The lowest BCUT2D eigenvalue weighted by molar-refractivity contribution is -0.0124. The average molecular weight is 444 g/mol. The van der Waals surface area contributed by atoms with Gasteiger partial charge in [0.2, 0.25) is 0 Å². The molecule has 2 N–H and O–H groups in total. The molecule has 0 unspecified atom stereocenters. The van der Waals surface area contributed by atoms with Crippen LogP contribution in [0.4, 0.5) is 5.69 Å². The molecule has 1 aliphatic carbocycles. The largest absolute Gasteiger partial charge is 0.390 e. The normalized spacial score (nSPS) is 22.5. The molecule has 1 fully saturated rings. The number of hydrogen-bond acceptors (Lipinski definition) is 5. The zero-order chi connectivity index (χ0) is 23.6. The van der Waals surface area contributed by atoms with Gasteiger partial charge >= 0.3 is 0 Å². The third-order valence-corrected chi connectivity index (χ3v) is 6.95. The van der Waals surface area contributed by atoms with Crippen molar-refractivity contribution >= 4 is 11.6 Å². The molecule has 0 aliphatic heterocycles. The number of benzene rings is 1. The third kappa shape index (κ3) is 4.39. The molecule has 0 radical (unpaired) electrons. The van der Waals surface area contributed by atoms with E-state index < -0.39 is 11.0 Å². The van der Waals surface area contributed by atoms with Crippen LogP contribution in [-0.4, -0.2) is 31.4 Å². The second-order valence-corrected chi connectivity index (χ2v) is 9.05. The molecule has 7 heteroatoms. The zero-order valence-corrected chi connectivity index (χ0v) is 19.3. The number of pyridine rings is 1. The van der Waals surface area contributed by atoms with Crippen LogP contribution in [0.5, 0.6) is 0 Å². The summed E-state index contributed by atoms with van der Waals surface area (Å²) in [6.07, 6.45) is 6.16. The summed E-state index contributed by atoms with van der Waals surface area (Å²) in [5.41, 5.74) is 3.14. The number of carbonyl (C=O) groups is 1. The van der Waals surface area contributed by atoms with Crippen molar-refractivity contribution in [3.8, 4) is 11.8 Å². The fourth-order valence-electron chi connectivity index (χ4n) is 4.45. The molecule has 1 saturated carbocycles. The van der Waals surface area contributed by atoms with E-state index in [1.165, 1.54) is 0 Å². The van der Waals surface area contributed by atoms with Crippen molar-refractivity contribution in [1.82, 2.24) is 14.8 Å². The van der Waals surface area contributed by atoms with Crippen molar-refractivity contribution in [3.63, 3.8) is 0 Å². The fourth-order valence-corrected chi connectivity index (χ4v) is 4.45. The van der Waals surface area contributed by atoms with Crippen LogP contribution in [0.2, 0.25) is 0 Å². The number of carbonyl (C=O) groups excluding carboxylic acids is 1. The van der Waals surface area contributed by atoms with Crippen molar-refractivity contribution in [2.24, 2.45) is 0 Å². The van der Waals surface area contributed by atoms with E-state index in [1.54, 1.807) is 29.2 Å². The molecule has 0 atom stereocenters. The SMILES string of the molecule is CCC1(O)CCC(C#N)(c2ccc(NC(=O)c3cnn(-c4ccc(C)cc4)c3C)cn2)CC1. The van der Waals surface area contributed by atoms with Gasteiger partial charge in [0, 0.05) is 0 Å². The Morgan fingerprint density at radius 3 is 2.39 bits per heavy atom. The molecule has 170 valence electrons. The molecular weight excluding hydrogens is 414 g/mol. The van der Waals surface area contributed by atoms with Crippen LogP contribution in [0.3, 0.4) is 0 Å². The topological polar surface area (TPSA) is 104 Å². The number of aliphatic hydroxyl groups is 1. The number of nitriles is 1. The predicted molar refractivity (Wildman–Crippen MR) is 126 cm³/mol. The predicted octanol–water partition coefficient (Wildman–Crippen LogP) is 4.61. The summed E-state index contributed by atoms with van der Waals surface area (Å²) in [6.45, 7) is 5.86. The van der Waals surface area contributed by atoms with Gasteiger partial charge < -0.3 is 10.4 Å². The highest BCUT2D eigenvalue weighted by Gasteiger charge is 2.43. The number of aromatic nitrogens is 3. The summed E-state index contributed by atoms with van der Waals surface area (Å²) in [5.74, 6) is -0.263. The van der Waals surface area contributed by atoms with E-state index in [9.17, 15) is 15.2 Å². The number of anilines is 1. The van der Waals surface area contributed by atoms with E-state index in [0.29, 0.717) is 49.0 Å². The Labute approximate surface area is 194 Å². The minimum atomic E-state index is -0.699. The lowest BCUT2D eigenvalue weighted by Crippen LogP contribution is -2.40. The molecule has 7 nitrogen and oxygen atoms in total. The summed E-state index contributed by atoms with van der Waals surface area (Å²) < 4.78 is 1.74. The maximum Gasteiger partial charge on any atom is 0.259 e. The van der Waals surface area contributed by atoms with Crippen molar-refractivity contribution in [2.75, 3.05) is 5.32 Å². The molecule has 3 aromatic rings. The van der Waals surface area contributed by atoms with Gasteiger partial charge in [0.15, 0.2) is 0 Å². The number of hydrogen-bond donors (Lipinski definition) is 2. The second-order valence-electron chi connectivity index (χ2n) is 9.05. The van der Waals surface area contributed by atoms with Gasteiger partial charge in [-0.2, -0.15) is 10.4 Å². The van der Waals surface area contributed by atoms with Crippen molar-refractivity contribution < 1.29 is 9.90 Å². The first-order chi connectivity index (χ1) is 15.8. The van der Waals surface area contributed by atoms with Gasteiger partial charge in [0.1, 0.15) is 0 Å². The molecule has 1 amide bonds. The van der Waals surface area contributed by atoms with Gasteiger partial charge in [-0.05, 0) is 70.2 Å². The monoisotopic (exact) mass is 443 g/mol. The van der Waals surface area contributed by atoms with Gasteiger partial charge in [0.25, 0.3) is 5.91 Å². The van der Waals surface area contributed by atoms with Crippen molar-refractivity contribution in [3.05, 3.63) is 71.3 Å². The molecule has 33 heavy (non-hydrogen) atoms. The molecule has 2 aromatic heterocycles. The average Bonchev–Trinajstić information content (AvgIpc) is 3.22. The number of nitrogens with one attached hydrogen (secondary N) is 1. The maximum absolute atomic E-state index is 12.9. The smallest absolute Gasteiger partial charge is 0.259 e. The zero-order valence-electron chi connectivity index (χ0n) is 19.3. The van der Waals surface area contributed by atoms with Gasteiger partial charge in [-0.3, -0.25) is 9.78 Å². The van der Waals surface area contributed by atoms with Crippen LogP contribution in [0.25, 0.3) is 5.69 Å². The maximum atomic E-state index is 12.9. The van der Waals surface area contributed by atoms with E-state index in [1.807, 2.05) is 45.0 Å². The molecule has 1 aromatic carbocycles. The Morgan fingerprint density at radius 2 is 1.82 bits per heavy atom. The van der Waals surface area contributed by atoms with E-state index in [-0.39, 0.29) is 5.91 Å². The molecule has 0 bridgehead atoms. The first-order valence-corrected chi connectivity index (χ1v) is 11.3. The molecule has 0 saturated heterocycles. The van der Waals surface area contributed by atoms with E-state index in [4.69, 9.17) is 0 Å². The van der Waals surface area contributed by atoms with Gasteiger partial charge in [0.05, 0.1) is 57.8 Å². The van der Waals surface area contributed by atoms with Gasteiger partial charge in [-0.15, -0.1) is 0 Å². The number of aryl methyl sites for hydroxylation is 1. The highest BCUT2D eigenvalue weighted by molar-refractivity contribution is 6.04. The van der Waals surface area contributed by atoms with Crippen LogP contribution < -0.4 is 5.32 Å². The summed E-state index contributed by atoms with van der Waals surface area (Å²) >= 11 is 0. The van der Waals surface area contributed by atoms with E-state index in [0.717, 1.165) is 16.9 Å². The summed E-state index contributed by atoms with van der Waals surface area (Å²) in [4.78, 5) is 17.4. The number of rotatable bonds is 5. The van der Waals surface area contributed by atoms with Crippen LogP contribution in [0.15, 0.2) is 48.8 Å². The van der Waals surface area contributed by atoms with Crippen LogP contribution >= 0.6 is 0 Å². The van der Waals surface area contributed by atoms with E-state index in [2.05, 4.69) is 21.5 Å². The van der Waals surface area contributed by atoms with Crippen LogP contribution in [0, 0.1) is 25.2 Å². The molecule has 2 heterocycles. The van der Waals surface area contributed by atoms with Gasteiger partial charge in [-0.1, -0.05) is 24.6 Å². The number of amides is 1. The van der Waals surface area contributed by atoms with Gasteiger partial charge in [-0.25, -0.2) is 4.68 Å². The van der Waals surface area contributed by atoms with Crippen LogP contribution in [-0.2, 0) is 5.41 Å². The Hall–Kier alpha value is -3.50.